The number of ether oxygens (including phenoxy) is 1. The molecule has 8 heteroatoms. The van der Waals surface area contributed by atoms with E-state index in [0.29, 0.717) is 27.6 Å². The second kappa shape index (κ2) is 7.15. The Morgan fingerprint density at radius 2 is 2.14 bits per heavy atom. The van der Waals surface area contributed by atoms with Gasteiger partial charge in [-0.15, -0.1) is 10.2 Å². The van der Waals surface area contributed by atoms with Crippen LogP contribution in [0.3, 0.4) is 0 Å². The number of thioether (sulfide) groups is 1. The van der Waals surface area contributed by atoms with Crippen LogP contribution in [0.5, 0.6) is 0 Å². The van der Waals surface area contributed by atoms with E-state index in [2.05, 4.69) is 10.2 Å². The van der Waals surface area contributed by atoms with Crippen LogP contribution in [-0.2, 0) is 16.6 Å². The summed E-state index contributed by atoms with van der Waals surface area (Å²) in [6.45, 7) is 2.13. The molecule has 1 heterocycles. The number of carbonyl (C=O) groups is 1. The molecule has 0 saturated carbocycles. The highest BCUT2D eigenvalue weighted by Gasteiger charge is 2.15. The van der Waals surface area contributed by atoms with Gasteiger partial charge in [0, 0.05) is 17.6 Å². The lowest BCUT2D eigenvalue weighted by Gasteiger charge is -2.05. The van der Waals surface area contributed by atoms with Crippen molar-refractivity contribution in [3.63, 3.8) is 0 Å². The van der Waals surface area contributed by atoms with Crippen LogP contribution < -0.4 is 0 Å². The Balaban J connectivity index is 2.18. The summed E-state index contributed by atoms with van der Waals surface area (Å²) in [5.41, 5.74) is 0.735. The summed E-state index contributed by atoms with van der Waals surface area (Å²) in [5, 5.41) is 9.85. The number of nitrogens with zero attached hydrogens (tertiary/aromatic N) is 3. The Morgan fingerprint density at radius 3 is 2.81 bits per heavy atom. The lowest BCUT2D eigenvalue weighted by molar-refractivity contribution is -0.139. The SMILES string of the molecule is CCOC(=O)CSc1nnc(-c2ccc(Cl)cc2Cl)n1C. The monoisotopic (exact) mass is 345 g/mol. The molecule has 0 radical (unpaired) electrons. The molecule has 0 amide bonds. The average Bonchev–Trinajstić information content (AvgIpc) is 2.78. The first kappa shape index (κ1) is 16.1. The number of halogens is 2. The van der Waals surface area contributed by atoms with Crippen LogP contribution in [-0.4, -0.2) is 33.1 Å². The first-order chi connectivity index (χ1) is 10.0. The average molecular weight is 346 g/mol. The van der Waals surface area contributed by atoms with Crippen molar-refractivity contribution in [2.24, 2.45) is 7.05 Å². The molecule has 1 aromatic carbocycles. The number of aromatic nitrogens is 3. The molecular weight excluding hydrogens is 333 g/mol. The summed E-state index contributed by atoms with van der Waals surface area (Å²) in [4.78, 5) is 11.4. The fraction of sp³-hybridized carbons (Fsp3) is 0.308. The van der Waals surface area contributed by atoms with Crippen LogP contribution in [0.15, 0.2) is 23.4 Å². The maximum Gasteiger partial charge on any atom is 0.316 e. The molecule has 112 valence electrons. The second-order valence-electron chi connectivity index (χ2n) is 4.08. The molecule has 0 aliphatic rings. The van der Waals surface area contributed by atoms with E-state index in [1.165, 1.54) is 11.8 Å². The molecule has 0 spiro atoms. The Kier molecular flexibility index (Phi) is 5.50. The molecule has 0 bridgehead atoms. The van der Waals surface area contributed by atoms with Gasteiger partial charge in [0.1, 0.15) is 0 Å². The predicted octanol–water partition coefficient (Wildman–Crippen LogP) is 3.44. The predicted molar refractivity (Wildman–Crippen MR) is 83.8 cm³/mol. The maximum atomic E-state index is 11.4. The van der Waals surface area contributed by atoms with Gasteiger partial charge in [-0.2, -0.15) is 0 Å². The molecule has 2 aromatic rings. The van der Waals surface area contributed by atoms with Gasteiger partial charge in [0.2, 0.25) is 0 Å². The largest absolute Gasteiger partial charge is 0.465 e. The Morgan fingerprint density at radius 1 is 1.38 bits per heavy atom. The van der Waals surface area contributed by atoms with Gasteiger partial charge in [-0.25, -0.2) is 0 Å². The molecular formula is C13H13Cl2N3O2S. The smallest absolute Gasteiger partial charge is 0.316 e. The topological polar surface area (TPSA) is 57.0 Å². The number of hydrogen-bond acceptors (Lipinski definition) is 5. The van der Waals surface area contributed by atoms with Gasteiger partial charge in [-0.1, -0.05) is 35.0 Å². The minimum Gasteiger partial charge on any atom is -0.465 e. The molecule has 0 N–H and O–H groups in total. The van der Waals surface area contributed by atoms with E-state index >= 15 is 0 Å². The zero-order chi connectivity index (χ0) is 15.4. The second-order valence-corrected chi connectivity index (χ2v) is 5.87. The Labute approximate surface area is 136 Å². The maximum absolute atomic E-state index is 11.4. The number of benzene rings is 1. The van der Waals surface area contributed by atoms with E-state index in [4.69, 9.17) is 27.9 Å². The van der Waals surface area contributed by atoms with E-state index < -0.39 is 0 Å². The third-order valence-electron chi connectivity index (χ3n) is 2.63. The molecule has 0 aliphatic heterocycles. The molecule has 0 unspecified atom stereocenters. The highest BCUT2D eigenvalue weighted by atomic mass is 35.5. The number of esters is 1. The third kappa shape index (κ3) is 3.90. The normalized spacial score (nSPS) is 10.7. The fourth-order valence-corrected chi connectivity index (χ4v) is 2.87. The lowest BCUT2D eigenvalue weighted by Crippen LogP contribution is -2.07. The van der Waals surface area contributed by atoms with Crippen molar-refractivity contribution in [3.05, 3.63) is 28.2 Å². The quantitative estimate of drug-likeness (QED) is 0.613. The third-order valence-corrected chi connectivity index (χ3v) is 4.17. The van der Waals surface area contributed by atoms with Crippen molar-refractivity contribution in [3.8, 4) is 11.4 Å². The Hall–Kier alpha value is -1.24. The van der Waals surface area contributed by atoms with Crippen molar-refractivity contribution in [1.82, 2.24) is 14.8 Å². The molecule has 0 saturated heterocycles. The Bertz CT molecular complexity index is 661. The van der Waals surface area contributed by atoms with E-state index in [9.17, 15) is 4.79 Å². The summed E-state index contributed by atoms with van der Waals surface area (Å²) in [6, 6.07) is 5.18. The van der Waals surface area contributed by atoms with E-state index in [1.54, 1.807) is 29.7 Å². The molecule has 2 rings (SSSR count). The first-order valence-corrected chi connectivity index (χ1v) is 7.90. The lowest BCUT2D eigenvalue weighted by atomic mass is 10.2. The zero-order valence-corrected chi connectivity index (χ0v) is 13.8. The minimum absolute atomic E-state index is 0.189. The molecule has 0 fully saturated rings. The standard InChI is InChI=1S/C13H13Cl2N3O2S/c1-3-20-11(19)7-21-13-17-16-12(18(13)2)9-5-4-8(14)6-10(9)15/h4-6H,3,7H2,1-2H3. The minimum atomic E-state index is -0.281. The van der Waals surface area contributed by atoms with Gasteiger partial charge in [-0.3, -0.25) is 4.79 Å². The number of hydrogen-bond donors (Lipinski definition) is 0. The van der Waals surface area contributed by atoms with Crippen molar-refractivity contribution >= 4 is 40.9 Å². The zero-order valence-electron chi connectivity index (χ0n) is 11.5. The number of carbonyl (C=O) groups excluding carboxylic acids is 1. The summed E-state index contributed by atoms with van der Waals surface area (Å²) < 4.78 is 6.65. The molecule has 5 nitrogen and oxygen atoms in total. The number of rotatable bonds is 5. The van der Waals surface area contributed by atoms with Crippen molar-refractivity contribution in [2.45, 2.75) is 12.1 Å². The van der Waals surface area contributed by atoms with Gasteiger partial charge in [0.05, 0.1) is 17.4 Å². The molecule has 1 aromatic heterocycles. The highest BCUT2D eigenvalue weighted by Crippen LogP contribution is 2.30. The highest BCUT2D eigenvalue weighted by molar-refractivity contribution is 7.99. The fourth-order valence-electron chi connectivity index (χ4n) is 1.67. The van der Waals surface area contributed by atoms with E-state index in [-0.39, 0.29) is 11.7 Å². The summed E-state index contributed by atoms with van der Waals surface area (Å²) in [5.74, 6) is 0.522. The van der Waals surface area contributed by atoms with Crippen LogP contribution in [0, 0.1) is 0 Å². The van der Waals surface area contributed by atoms with Crippen LogP contribution >= 0.6 is 35.0 Å². The van der Waals surface area contributed by atoms with Gasteiger partial charge in [0.25, 0.3) is 0 Å². The van der Waals surface area contributed by atoms with Crippen LogP contribution in [0.25, 0.3) is 11.4 Å². The van der Waals surface area contributed by atoms with Crippen LogP contribution in [0.4, 0.5) is 0 Å². The van der Waals surface area contributed by atoms with Gasteiger partial charge < -0.3 is 9.30 Å². The van der Waals surface area contributed by atoms with Gasteiger partial charge >= 0.3 is 5.97 Å². The first-order valence-electron chi connectivity index (χ1n) is 6.16. The van der Waals surface area contributed by atoms with Gasteiger partial charge in [0.15, 0.2) is 11.0 Å². The summed E-state index contributed by atoms with van der Waals surface area (Å²) in [7, 11) is 1.81. The molecule has 21 heavy (non-hydrogen) atoms. The van der Waals surface area contributed by atoms with Crippen molar-refractivity contribution in [2.75, 3.05) is 12.4 Å². The summed E-state index contributed by atoms with van der Waals surface area (Å²) >= 11 is 13.3. The van der Waals surface area contributed by atoms with Crippen LogP contribution in [0.2, 0.25) is 10.0 Å². The van der Waals surface area contributed by atoms with Crippen molar-refractivity contribution in [1.29, 1.82) is 0 Å². The van der Waals surface area contributed by atoms with Gasteiger partial charge in [-0.05, 0) is 25.1 Å². The molecule has 0 aliphatic carbocycles. The molecule has 0 atom stereocenters. The summed E-state index contributed by atoms with van der Waals surface area (Å²) in [6.07, 6.45) is 0. The van der Waals surface area contributed by atoms with E-state index in [1.807, 2.05) is 7.05 Å². The van der Waals surface area contributed by atoms with Crippen molar-refractivity contribution < 1.29 is 9.53 Å². The van der Waals surface area contributed by atoms with Crippen LogP contribution in [0.1, 0.15) is 6.92 Å². The van der Waals surface area contributed by atoms with E-state index in [0.717, 1.165) is 5.56 Å².